The van der Waals surface area contributed by atoms with Crippen molar-refractivity contribution < 1.29 is 5.11 Å². The van der Waals surface area contributed by atoms with Gasteiger partial charge in [-0.25, -0.2) is 0 Å². The zero-order valence-corrected chi connectivity index (χ0v) is 11.1. The highest BCUT2D eigenvalue weighted by molar-refractivity contribution is 5.49. The van der Waals surface area contributed by atoms with Crippen LogP contribution in [0.25, 0.3) is 6.08 Å². The van der Waals surface area contributed by atoms with Gasteiger partial charge in [0, 0.05) is 18.0 Å². The molecule has 1 atom stereocenters. The van der Waals surface area contributed by atoms with Crippen molar-refractivity contribution in [2.24, 2.45) is 5.92 Å². The van der Waals surface area contributed by atoms with E-state index in [9.17, 15) is 5.11 Å². The number of rotatable bonds is 4. The molecule has 0 amide bonds. The highest BCUT2D eigenvalue weighted by Crippen LogP contribution is 2.25. The molecule has 3 heteroatoms. The van der Waals surface area contributed by atoms with Crippen LogP contribution in [0.3, 0.4) is 0 Å². The first-order valence-electron chi connectivity index (χ1n) is 6.98. The van der Waals surface area contributed by atoms with Crippen LogP contribution in [0.4, 0.5) is 0 Å². The minimum Gasteiger partial charge on any atom is -0.387 e. The molecular formula is C16H20N2O. The fraction of sp³-hybridized carbons (Fsp3) is 0.500. The van der Waals surface area contributed by atoms with Crippen LogP contribution in [0.2, 0.25) is 0 Å². The predicted octanol–water partition coefficient (Wildman–Crippen LogP) is 3.62. The molecule has 19 heavy (non-hydrogen) atoms. The van der Waals surface area contributed by atoms with E-state index in [1.807, 2.05) is 12.1 Å². The Morgan fingerprint density at radius 2 is 2.16 bits per heavy atom. The average molecular weight is 256 g/mol. The molecule has 100 valence electrons. The molecule has 0 aliphatic heterocycles. The standard InChI is InChI=1S/C16H20N2O/c17-9-8-16(19)15-10-14(11-18-12-15)7-6-13-4-2-1-3-5-13/h6-7,10-13,16,19H,1-5,8H2. The minimum absolute atomic E-state index is 0.109. The van der Waals surface area contributed by atoms with Crippen molar-refractivity contribution in [3.05, 3.63) is 35.7 Å². The Hall–Kier alpha value is -1.66. The molecule has 3 nitrogen and oxygen atoms in total. The van der Waals surface area contributed by atoms with Crippen molar-refractivity contribution in [2.75, 3.05) is 0 Å². The topological polar surface area (TPSA) is 56.9 Å². The lowest BCUT2D eigenvalue weighted by atomic mass is 9.89. The van der Waals surface area contributed by atoms with E-state index in [0.29, 0.717) is 11.5 Å². The summed E-state index contributed by atoms with van der Waals surface area (Å²) in [4.78, 5) is 4.13. The first-order valence-corrected chi connectivity index (χ1v) is 6.98. The number of nitriles is 1. The van der Waals surface area contributed by atoms with Crippen molar-refractivity contribution >= 4 is 6.08 Å². The third-order valence-corrected chi connectivity index (χ3v) is 3.66. The fourth-order valence-electron chi connectivity index (χ4n) is 2.53. The summed E-state index contributed by atoms with van der Waals surface area (Å²) in [6.45, 7) is 0. The number of aromatic nitrogens is 1. The second-order valence-electron chi connectivity index (χ2n) is 5.19. The summed E-state index contributed by atoms with van der Waals surface area (Å²) in [6.07, 6.45) is 13.7. The molecule has 1 unspecified atom stereocenters. The minimum atomic E-state index is -0.736. The number of aliphatic hydroxyl groups is 1. The molecule has 0 radical (unpaired) electrons. The van der Waals surface area contributed by atoms with Crippen molar-refractivity contribution in [3.63, 3.8) is 0 Å². The summed E-state index contributed by atoms with van der Waals surface area (Å²) in [5.74, 6) is 0.682. The smallest absolute Gasteiger partial charge is 0.0934 e. The van der Waals surface area contributed by atoms with Gasteiger partial charge in [-0.1, -0.05) is 31.4 Å². The molecule has 0 bridgehead atoms. The van der Waals surface area contributed by atoms with Gasteiger partial charge in [0.25, 0.3) is 0 Å². The van der Waals surface area contributed by atoms with Crippen LogP contribution in [0, 0.1) is 17.2 Å². The summed E-state index contributed by atoms with van der Waals surface area (Å²) in [5.41, 5.74) is 1.72. The lowest BCUT2D eigenvalue weighted by Crippen LogP contribution is -2.02. The number of pyridine rings is 1. The summed E-state index contributed by atoms with van der Waals surface area (Å²) in [5, 5.41) is 18.4. The molecular weight excluding hydrogens is 236 g/mol. The van der Waals surface area contributed by atoms with Crippen LogP contribution in [-0.2, 0) is 0 Å². The molecule has 1 aromatic heterocycles. The Kier molecular flexibility index (Phi) is 5.11. The first-order chi connectivity index (χ1) is 9.29. The first kappa shape index (κ1) is 13.8. The summed E-state index contributed by atoms with van der Waals surface area (Å²) in [6, 6.07) is 3.88. The maximum atomic E-state index is 9.78. The van der Waals surface area contributed by atoms with E-state index in [1.54, 1.807) is 12.4 Å². The molecule has 1 fully saturated rings. The Bertz CT molecular complexity index is 470. The molecule has 0 spiro atoms. The summed E-state index contributed by atoms with van der Waals surface area (Å²) in [7, 11) is 0. The lowest BCUT2D eigenvalue weighted by Gasteiger charge is -2.17. The highest BCUT2D eigenvalue weighted by atomic mass is 16.3. The molecule has 0 saturated heterocycles. The van der Waals surface area contributed by atoms with Crippen LogP contribution in [0.15, 0.2) is 24.5 Å². The average Bonchev–Trinajstić information content (AvgIpc) is 2.47. The molecule has 1 aliphatic carbocycles. The molecule has 2 rings (SSSR count). The van der Waals surface area contributed by atoms with Gasteiger partial charge < -0.3 is 5.11 Å². The van der Waals surface area contributed by atoms with Gasteiger partial charge in [-0.2, -0.15) is 5.26 Å². The van der Waals surface area contributed by atoms with Crippen LogP contribution >= 0.6 is 0 Å². The van der Waals surface area contributed by atoms with Gasteiger partial charge >= 0.3 is 0 Å². The number of nitrogens with zero attached hydrogens (tertiary/aromatic N) is 2. The van der Waals surface area contributed by atoms with Crippen LogP contribution in [-0.4, -0.2) is 10.1 Å². The van der Waals surface area contributed by atoms with Crippen LogP contribution in [0.1, 0.15) is 55.8 Å². The van der Waals surface area contributed by atoms with E-state index >= 15 is 0 Å². The van der Waals surface area contributed by atoms with Gasteiger partial charge in [0.05, 0.1) is 18.6 Å². The van der Waals surface area contributed by atoms with Gasteiger partial charge in [-0.05, 0) is 30.4 Å². The second kappa shape index (κ2) is 7.06. The normalized spacial score (nSPS) is 18.3. The van der Waals surface area contributed by atoms with Crippen molar-refractivity contribution in [3.8, 4) is 6.07 Å². The van der Waals surface area contributed by atoms with Gasteiger partial charge in [0.2, 0.25) is 0 Å². The predicted molar refractivity (Wildman–Crippen MR) is 75.0 cm³/mol. The molecule has 0 aromatic carbocycles. The van der Waals surface area contributed by atoms with E-state index in [0.717, 1.165) is 5.56 Å². The van der Waals surface area contributed by atoms with E-state index in [1.165, 1.54) is 32.1 Å². The van der Waals surface area contributed by atoms with E-state index < -0.39 is 6.10 Å². The Balaban J connectivity index is 2.02. The van der Waals surface area contributed by atoms with E-state index in [4.69, 9.17) is 5.26 Å². The Morgan fingerprint density at radius 1 is 1.37 bits per heavy atom. The zero-order valence-electron chi connectivity index (χ0n) is 11.1. The lowest BCUT2D eigenvalue weighted by molar-refractivity contribution is 0.183. The van der Waals surface area contributed by atoms with Crippen molar-refractivity contribution in [1.29, 1.82) is 5.26 Å². The van der Waals surface area contributed by atoms with Crippen molar-refractivity contribution in [1.82, 2.24) is 4.98 Å². The Labute approximate surface area is 114 Å². The molecule has 1 N–H and O–H groups in total. The second-order valence-corrected chi connectivity index (χ2v) is 5.19. The molecule has 1 saturated carbocycles. The van der Waals surface area contributed by atoms with Gasteiger partial charge in [-0.3, -0.25) is 4.98 Å². The number of hydrogen-bond acceptors (Lipinski definition) is 3. The van der Waals surface area contributed by atoms with Gasteiger partial charge in [0.15, 0.2) is 0 Å². The number of hydrogen-bond donors (Lipinski definition) is 1. The maximum Gasteiger partial charge on any atom is 0.0934 e. The van der Waals surface area contributed by atoms with Crippen molar-refractivity contribution in [2.45, 2.75) is 44.6 Å². The molecule has 1 aromatic rings. The monoisotopic (exact) mass is 256 g/mol. The van der Waals surface area contributed by atoms with E-state index in [-0.39, 0.29) is 6.42 Å². The quantitative estimate of drug-likeness (QED) is 0.895. The Morgan fingerprint density at radius 3 is 2.89 bits per heavy atom. The van der Waals surface area contributed by atoms with Gasteiger partial charge in [-0.15, -0.1) is 0 Å². The summed E-state index contributed by atoms with van der Waals surface area (Å²) < 4.78 is 0. The number of allylic oxidation sites excluding steroid dienone is 1. The van der Waals surface area contributed by atoms with E-state index in [2.05, 4.69) is 17.1 Å². The SMILES string of the molecule is N#CCC(O)c1cncc(C=CC2CCCCC2)c1. The molecule has 1 heterocycles. The largest absolute Gasteiger partial charge is 0.387 e. The zero-order chi connectivity index (χ0) is 13.5. The fourth-order valence-corrected chi connectivity index (χ4v) is 2.53. The highest BCUT2D eigenvalue weighted by Gasteiger charge is 2.10. The maximum absolute atomic E-state index is 9.78. The third kappa shape index (κ3) is 4.18. The number of aliphatic hydroxyl groups excluding tert-OH is 1. The molecule has 1 aliphatic rings. The van der Waals surface area contributed by atoms with Gasteiger partial charge in [0.1, 0.15) is 0 Å². The van der Waals surface area contributed by atoms with Crippen LogP contribution < -0.4 is 0 Å². The third-order valence-electron chi connectivity index (χ3n) is 3.66. The summed E-state index contributed by atoms with van der Waals surface area (Å²) >= 11 is 0. The van der Waals surface area contributed by atoms with Crippen LogP contribution in [0.5, 0.6) is 0 Å².